The summed E-state index contributed by atoms with van der Waals surface area (Å²) in [5.74, 6) is -0.0116. The molecule has 0 fully saturated rings. The molecule has 0 aliphatic carbocycles. The molecule has 2 N–H and O–H groups in total. The van der Waals surface area contributed by atoms with Crippen molar-refractivity contribution in [2.75, 3.05) is 39.6 Å². The average Bonchev–Trinajstić information content (AvgIpc) is 2.31. The van der Waals surface area contributed by atoms with E-state index < -0.39 is 5.97 Å². The van der Waals surface area contributed by atoms with Crippen molar-refractivity contribution in [2.45, 2.75) is 6.92 Å². The molecule has 0 radical (unpaired) electrons. The number of likely N-dealkylation sites (N-methyl/N-ethyl adjacent to an activating group) is 1. The fraction of sp³-hybridized carbons (Fsp3) is 0.462. The van der Waals surface area contributed by atoms with E-state index in [2.05, 4.69) is 0 Å². The number of nitrogens with two attached hydrogens (primary N) is 1. The Kier molecular flexibility index (Phi) is 5.45. The zero-order valence-corrected chi connectivity index (χ0v) is 11.1. The molecule has 0 bridgehead atoms. The summed E-state index contributed by atoms with van der Waals surface area (Å²) in [5.41, 5.74) is 6.60. The molecule has 0 aliphatic heterocycles. The van der Waals surface area contributed by atoms with E-state index in [9.17, 15) is 4.79 Å². The smallest absolute Gasteiger partial charge is 0.342 e. The second-order valence-corrected chi connectivity index (χ2v) is 4.10. The molecule has 0 amide bonds. The molecule has 0 unspecified atom stereocenters. The lowest BCUT2D eigenvalue weighted by atomic mass is 10.2. The number of esters is 1. The van der Waals surface area contributed by atoms with Gasteiger partial charge in [0, 0.05) is 6.54 Å². The lowest BCUT2D eigenvalue weighted by Crippen LogP contribution is -2.20. The summed E-state index contributed by atoms with van der Waals surface area (Å²) in [5, 5.41) is 0. The predicted molar refractivity (Wildman–Crippen MR) is 70.9 cm³/mol. The molecular weight excluding hydrogens is 232 g/mol. The first-order valence-electron chi connectivity index (χ1n) is 5.89. The van der Waals surface area contributed by atoms with Gasteiger partial charge in [-0.3, -0.25) is 0 Å². The Bertz CT molecular complexity index is 405. The normalized spacial score (nSPS) is 10.4. The molecule has 0 heterocycles. The summed E-state index contributed by atoms with van der Waals surface area (Å²) in [6.45, 7) is 3.31. The summed E-state index contributed by atoms with van der Waals surface area (Å²) in [7, 11) is 3.83. The van der Waals surface area contributed by atoms with Gasteiger partial charge in [0.15, 0.2) is 5.75 Å². The quantitative estimate of drug-likeness (QED) is 0.612. The second-order valence-electron chi connectivity index (χ2n) is 4.10. The fourth-order valence-corrected chi connectivity index (χ4v) is 1.42. The van der Waals surface area contributed by atoms with Gasteiger partial charge in [-0.05, 0) is 33.2 Å². The molecule has 5 heteroatoms. The first kappa shape index (κ1) is 14.3. The van der Waals surface area contributed by atoms with Crippen LogP contribution in [0, 0.1) is 0 Å². The van der Waals surface area contributed by atoms with Crippen LogP contribution in [-0.2, 0) is 4.74 Å². The minimum Gasteiger partial charge on any atom is -0.491 e. The van der Waals surface area contributed by atoms with Crippen molar-refractivity contribution in [3.8, 4) is 5.75 Å². The van der Waals surface area contributed by atoms with E-state index in [4.69, 9.17) is 15.2 Å². The fourth-order valence-electron chi connectivity index (χ4n) is 1.42. The van der Waals surface area contributed by atoms with Crippen molar-refractivity contribution in [3.63, 3.8) is 0 Å². The van der Waals surface area contributed by atoms with Crippen LogP contribution in [-0.4, -0.2) is 44.7 Å². The maximum Gasteiger partial charge on any atom is 0.342 e. The van der Waals surface area contributed by atoms with Crippen LogP contribution in [0.3, 0.4) is 0 Å². The lowest BCUT2D eigenvalue weighted by Gasteiger charge is -2.13. The number of carbonyl (C=O) groups is 1. The van der Waals surface area contributed by atoms with Crippen molar-refractivity contribution >= 4 is 11.7 Å². The first-order chi connectivity index (χ1) is 8.56. The molecule has 0 saturated heterocycles. The third-order valence-electron chi connectivity index (χ3n) is 2.33. The molecule has 1 aromatic rings. The molecule has 1 aromatic carbocycles. The molecule has 0 atom stereocenters. The van der Waals surface area contributed by atoms with Crippen molar-refractivity contribution < 1.29 is 14.3 Å². The van der Waals surface area contributed by atoms with E-state index in [1.54, 1.807) is 18.2 Å². The van der Waals surface area contributed by atoms with Crippen LogP contribution >= 0.6 is 0 Å². The van der Waals surface area contributed by atoms with E-state index in [0.29, 0.717) is 36.8 Å². The second kappa shape index (κ2) is 6.86. The minimum absolute atomic E-state index is 0.339. The van der Waals surface area contributed by atoms with Crippen LogP contribution in [0.1, 0.15) is 17.3 Å². The van der Waals surface area contributed by atoms with Crippen LogP contribution < -0.4 is 10.5 Å². The van der Waals surface area contributed by atoms with Crippen molar-refractivity contribution in [2.24, 2.45) is 0 Å². The third-order valence-corrected chi connectivity index (χ3v) is 2.33. The van der Waals surface area contributed by atoms with Crippen LogP contribution in [0.5, 0.6) is 5.75 Å². The molecule has 0 saturated carbocycles. The Morgan fingerprint density at radius 2 is 2.11 bits per heavy atom. The van der Waals surface area contributed by atoms with E-state index in [-0.39, 0.29) is 0 Å². The molecule has 0 spiro atoms. The zero-order valence-electron chi connectivity index (χ0n) is 11.1. The van der Waals surface area contributed by atoms with Gasteiger partial charge >= 0.3 is 5.97 Å². The zero-order chi connectivity index (χ0) is 13.5. The van der Waals surface area contributed by atoms with Gasteiger partial charge in [-0.2, -0.15) is 0 Å². The summed E-state index contributed by atoms with van der Waals surface area (Å²) < 4.78 is 10.5. The molecule has 18 heavy (non-hydrogen) atoms. The van der Waals surface area contributed by atoms with Gasteiger partial charge in [0.1, 0.15) is 12.2 Å². The number of rotatable bonds is 6. The number of ether oxygens (including phenoxy) is 2. The van der Waals surface area contributed by atoms with Gasteiger partial charge in [-0.15, -0.1) is 0 Å². The van der Waals surface area contributed by atoms with Crippen molar-refractivity contribution in [1.29, 1.82) is 0 Å². The molecular formula is C13H20N2O3. The van der Waals surface area contributed by atoms with Crippen LogP contribution in [0.15, 0.2) is 18.2 Å². The highest BCUT2D eigenvalue weighted by atomic mass is 16.5. The average molecular weight is 252 g/mol. The lowest BCUT2D eigenvalue weighted by molar-refractivity contribution is 0.0477. The standard InChI is InChI=1S/C13H20N2O3/c1-4-17-12-10(6-5-7-11(12)14)13(16)18-9-8-15(2)3/h5-7H,4,8-9,14H2,1-3H3. The largest absolute Gasteiger partial charge is 0.491 e. The number of hydrogen-bond acceptors (Lipinski definition) is 5. The van der Waals surface area contributed by atoms with E-state index in [1.807, 2.05) is 25.9 Å². The SMILES string of the molecule is CCOc1c(N)cccc1C(=O)OCCN(C)C. The molecule has 0 aromatic heterocycles. The first-order valence-corrected chi connectivity index (χ1v) is 5.89. The highest BCUT2D eigenvalue weighted by molar-refractivity contribution is 5.94. The predicted octanol–water partition coefficient (Wildman–Crippen LogP) is 1.39. The summed E-state index contributed by atoms with van der Waals surface area (Å²) >= 11 is 0. The monoisotopic (exact) mass is 252 g/mol. The minimum atomic E-state index is -0.410. The Hall–Kier alpha value is -1.75. The molecule has 1 rings (SSSR count). The Balaban J connectivity index is 2.75. The number of anilines is 1. The van der Waals surface area contributed by atoms with Crippen molar-refractivity contribution in [3.05, 3.63) is 23.8 Å². The molecule has 5 nitrogen and oxygen atoms in total. The Morgan fingerprint density at radius 3 is 2.72 bits per heavy atom. The van der Waals surface area contributed by atoms with Gasteiger partial charge in [-0.1, -0.05) is 6.07 Å². The van der Waals surface area contributed by atoms with Crippen LogP contribution in [0.2, 0.25) is 0 Å². The van der Waals surface area contributed by atoms with E-state index in [0.717, 1.165) is 0 Å². The van der Waals surface area contributed by atoms with Crippen LogP contribution in [0.4, 0.5) is 5.69 Å². The molecule has 100 valence electrons. The summed E-state index contributed by atoms with van der Waals surface area (Å²) in [4.78, 5) is 13.8. The van der Waals surface area contributed by atoms with E-state index in [1.165, 1.54) is 0 Å². The number of hydrogen-bond donors (Lipinski definition) is 1. The van der Waals surface area contributed by atoms with Crippen molar-refractivity contribution in [1.82, 2.24) is 4.90 Å². The van der Waals surface area contributed by atoms with Gasteiger partial charge in [0.25, 0.3) is 0 Å². The van der Waals surface area contributed by atoms with Gasteiger partial charge < -0.3 is 20.1 Å². The van der Waals surface area contributed by atoms with Gasteiger partial charge in [0.2, 0.25) is 0 Å². The summed E-state index contributed by atoms with van der Waals surface area (Å²) in [6.07, 6.45) is 0. The van der Waals surface area contributed by atoms with Crippen LogP contribution in [0.25, 0.3) is 0 Å². The maximum atomic E-state index is 11.9. The Labute approximate surface area is 107 Å². The number of nitrogens with zero attached hydrogens (tertiary/aromatic N) is 1. The maximum absolute atomic E-state index is 11.9. The van der Waals surface area contributed by atoms with Gasteiger partial charge in [-0.25, -0.2) is 4.79 Å². The highest BCUT2D eigenvalue weighted by Crippen LogP contribution is 2.26. The highest BCUT2D eigenvalue weighted by Gasteiger charge is 2.16. The number of para-hydroxylation sites is 1. The van der Waals surface area contributed by atoms with E-state index >= 15 is 0 Å². The summed E-state index contributed by atoms with van der Waals surface area (Å²) in [6, 6.07) is 5.06. The topological polar surface area (TPSA) is 64.8 Å². The Morgan fingerprint density at radius 1 is 1.39 bits per heavy atom. The number of nitrogen functional groups attached to an aromatic ring is 1. The third kappa shape index (κ3) is 3.92. The number of benzene rings is 1. The number of carbonyl (C=O) groups excluding carboxylic acids is 1. The molecule has 0 aliphatic rings. The van der Waals surface area contributed by atoms with Gasteiger partial charge in [0.05, 0.1) is 12.3 Å².